The van der Waals surface area contributed by atoms with Crippen molar-refractivity contribution in [2.45, 2.75) is 0 Å². The van der Waals surface area contributed by atoms with Crippen molar-refractivity contribution >= 4 is 46.4 Å². The van der Waals surface area contributed by atoms with Crippen molar-refractivity contribution in [1.82, 2.24) is 4.98 Å². The SMILES string of the molecule is N#Cc1ccc(-c2ccc(Cl)c(Cl)c2)nc1Oc1cc(Cl)cc(Cl)c1. The average molecular weight is 410 g/mol. The number of nitriles is 1. The average Bonchev–Trinajstić information content (AvgIpc) is 2.56. The number of hydrogen-bond donors (Lipinski definition) is 0. The third-order valence-electron chi connectivity index (χ3n) is 3.25. The lowest BCUT2D eigenvalue weighted by Gasteiger charge is -2.10. The summed E-state index contributed by atoms with van der Waals surface area (Å²) in [6.07, 6.45) is 0. The molecule has 0 amide bonds. The van der Waals surface area contributed by atoms with Crippen molar-refractivity contribution < 1.29 is 4.74 Å². The van der Waals surface area contributed by atoms with Crippen molar-refractivity contribution in [1.29, 1.82) is 5.26 Å². The van der Waals surface area contributed by atoms with Gasteiger partial charge in [0.2, 0.25) is 5.88 Å². The molecule has 0 aliphatic carbocycles. The zero-order chi connectivity index (χ0) is 18.0. The molecule has 0 aliphatic heterocycles. The van der Waals surface area contributed by atoms with E-state index in [4.69, 9.17) is 51.1 Å². The molecule has 0 saturated carbocycles. The maximum Gasteiger partial charge on any atom is 0.237 e. The summed E-state index contributed by atoms with van der Waals surface area (Å²) in [7, 11) is 0. The van der Waals surface area contributed by atoms with Crippen LogP contribution in [0.5, 0.6) is 11.6 Å². The summed E-state index contributed by atoms with van der Waals surface area (Å²) in [5, 5.41) is 11.0. The maximum absolute atomic E-state index is 9.29. The highest BCUT2D eigenvalue weighted by atomic mass is 35.5. The number of ether oxygens (including phenoxy) is 1. The van der Waals surface area contributed by atoms with Gasteiger partial charge in [0.1, 0.15) is 17.4 Å². The van der Waals surface area contributed by atoms with Crippen LogP contribution in [0.15, 0.2) is 48.5 Å². The predicted molar refractivity (Wildman–Crippen MR) is 101 cm³/mol. The number of pyridine rings is 1. The fraction of sp³-hybridized carbons (Fsp3) is 0. The van der Waals surface area contributed by atoms with Gasteiger partial charge in [0.15, 0.2) is 0 Å². The number of halogens is 4. The Kier molecular flexibility index (Phi) is 5.36. The molecule has 1 aromatic heterocycles. The van der Waals surface area contributed by atoms with E-state index in [1.54, 1.807) is 48.5 Å². The molecule has 2 aromatic carbocycles. The zero-order valence-electron chi connectivity index (χ0n) is 12.4. The fourth-order valence-corrected chi connectivity index (χ4v) is 2.92. The van der Waals surface area contributed by atoms with Gasteiger partial charge >= 0.3 is 0 Å². The minimum absolute atomic E-state index is 0.143. The van der Waals surface area contributed by atoms with Crippen LogP contribution in [-0.4, -0.2) is 4.98 Å². The second kappa shape index (κ2) is 7.51. The Morgan fingerprint density at radius 1 is 0.840 bits per heavy atom. The van der Waals surface area contributed by atoms with Crippen LogP contribution < -0.4 is 4.74 Å². The number of benzene rings is 2. The Morgan fingerprint density at radius 3 is 2.20 bits per heavy atom. The van der Waals surface area contributed by atoms with Gasteiger partial charge in [-0.3, -0.25) is 0 Å². The van der Waals surface area contributed by atoms with Crippen LogP contribution in [-0.2, 0) is 0 Å². The summed E-state index contributed by atoms with van der Waals surface area (Å²) < 4.78 is 5.72. The molecule has 0 spiro atoms. The summed E-state index contributed by atoms with van der Waals surface area (Å²) in [6, 6.07) is 15.3. The minimum Gasteiger partial charge on any atom is -0.438 e. The molecule has 0 bridgehead atoms. The number of rotatable bonds is 3. The van der Waals surface area contributed by atoms with E-state index < -0.39 is 0 Å². The Balaban J connectivity index is 2.03. The van der Waals surface area contributed by atoms with Crippen molar-refractivity contribution in [2.75, 3.05) is 0 Å². The van der Waals surface area contributed by atoms with E-state index >= 15 is 0 Å². The molecule has 0 N–H and O–H groups in total. The lowest BCUT2D eigenvalue weighted by molar-refractivity contribution is 0.462. The third kappa shape index (κ3) is 4.18. The first kappa shape index (κ1) is 17.8. The molecular weight excluding hydrogens is 402 g/mol. The van der Waals surface area contributed by atoms with E-state index in [9.17, 15) is 5.26 Å². The van der Waals surface area contributed by atoms with Crippen LogP contribution in [0, 0.1) is 11.3 Å². The van der Waals surface area contributed by atoms with E-state index in [1.165, 1.54) is 0 Å². The van der Waals surface area contributed by atoms with Crippen molar-refractivity contribution in [3.8, 4) is 29.0 Å². The van der Waals surface area contributed by atoms with Crippen LogP contribution >= 0.6 is 46.4 Å². The topological polar surface area (TPSA) is 45.9 Å². The van der Waals surface area contributed by atoms with Crippen LogP contribution in [0.3, 0.4) is 0 Å². The van der Waals surface area contributed by atoms with E-state index in [-0.39, 0.29) is 11.4 Å². The molecule has 0 unspecified atom stereocenters. The monoisotopic (exact) mass is 408 g/mol. The van der Waals surface area contributed by atoms with Gasteiger partial charge in [-0.1, -0.05) is 52.5 Å². The number of nitrogens with zero attached hydrogens (tertiary/aromatic N) is 2. The summed E-state index contributed by atoms with van der Waals surface area (Å²) in [6.45, 7) is 0. The quantitative estimate of drug-likeness (QED) is 0.466. The second-order valence-electron chi connectivity index (χ2n) is 5.00. The first-order chi connectivity index (χ1) is 12.0. The van der Waals surface area contributed by atoms with Gasteiger partial charge in [-0.25, -0.2) is 4.98 Å². The van der Waals surface area contributed by atoms with Gasteiger partial charge in [0.25, 0.3) is 0 Å². The van der Waals surface area contributed by atoms with Crippen LogP contribution in [0.25, 0.3) is 11.3 Å². The molecule has 0 saturated heterocycles. The highest BCUT2D eigenvalue weighted by Crippen LogP contribution is 2.32. The van der Waals surface area contributed by atoms with Crippen LogP contribution in [0.4, 0.5) is 0 Å². The molecule has 0 radical (unpaired) electrons. The first-order valence-electron chi connectivity index (χ1n) is 6.97. The van der Waals surface area contributed by atoms with Gasteiger partial charge in [0, 0.05) is 15.6 Å². The summed E-state index contributed by atoms with van der Waals surface area (Å²) in [5.41, 5.74) is 1.61. The fourth-order valence-electron chi connectivity index (χ4n) is 2.12. The van der Waals surface area contributed by atoms with Gasteiger partial charge in [-0.05, 0) is 42.5 Å². The van der Waals surface area contributed by atoms with Crippen molar-refractivity contribution in [3.05, 3.63) is 74.2 Å². The van der Waals surface area contributed by atoms with Gasteiger partial charge in [0.05, 0.1) is 15.7 Å². The molecule has 7 heteroatoms. The van der Waals surface area contributed by atoms with Crippen LogP contribution in [0.1, 0.15) is 5.56 Å². The minimum atomic E-state index is 0.143. The number of hydrogen-bond acceptors (Lipinski definition) is 3. The molecule has 3 rings (SSSR count). The molecule has 1 heterocycles. The molecule has 3 nitrogen and oxygen atoms in total. The standard InChI is InChI=1S/C18H8Cl4N2O/c19-12-6-13(20)8-14(7-12)25-18-11(9-23)2-4-17(24-18)10-1-3-15(21)16(22)5-10/h1-8H. The van der Waals surface area contributed by atoms with Crippen molar-refractivity contribution in [2.24, 2.45) is 0 Å². The molecule has 124 valence electrons. The maximum atomic E-state index is 9.29. The molecule has 3 aromatic rings. The Hall–Kier alpha value is -1.96. The van der Waals surface area contributed by atoms with E-state index in [1.807, 2.05) is 6.07 Å². The summed E-state index contributed by atoms with van der Waals surface area (Å²) in [4.78, 5) is 4.41. The Morgan fingerprint density at radius 2 is 1.56 bits per heavy atom. The van der Waals surface area contributed by atoms with Gasteiger partial charge < -0.3 is 4.74 Å². The zero-order valence-corrected chi connectivity index (χ0v) is 15.5. The largest absolute Gasteiger partial charge is 0.438 e. The van der Waals surface area contributed by atoms with Gasteiger partial charge in [-0.2, -0.15) is 5.26 Å². The van der Waals surface area contributed by atoms with E-state index in [0.717, 1.165) is 5.56 Å². The lowest BCUT2D eigenvalue weighted by Crippen LogP contribution is -1.94. The third-order valence-corrected chi connectivity index (χ3v) is 4.42. The summed E-state index contributed by atoms with van der Waals surface area (Å²) >= 11 is 23.9. The second-order valence-corrected chi connectivity index (χ2v) is 6.68. The molecule has 0 aliphatic rings. The van der Waals surface area contributed by atoms with Crippen LogP contribution in [0.2, 0.25) is 20.1 Å². The Labute approximate surface area is 164 Å². The molecule has 0 atom stereocenters. The highest BCUT2D eigenvalue weighted by Gasteiger charge is 2.11. The lowest BCUT2D eigenvalue weighted by atomic mass is 10.1. The first-order valence-corrected chi connectivity index (χ1v) is 8.48. The van der Waals surface area contributed by atoms with E-state index in [0.29, 0.717) is 31.5 Å². The predicted octanol–water partition coefficient (Wildman–Crippen LogP) is 7.03. The highest BCUT2D eigenvalue weighted by molar-refractivity contribution is 6.42. The normalized spacial score (nSPS) is 10.4. The van der Waals surface area contributed by atoms with Crippen molar-refractivity contribution in [3.63, 3.8) is 0 Å². The Bertz CT molecular complexity index is 979. The van der Waals surface area contributed by atoms with E-state index in [2.05, 4.69) is 4.98 Å². The molecular formula is C18H8Cl4N2O. The molecule has 25 heavy (non-hydrogen) atoms. The van der Waals surface area contributed by atoms with Gasteiger partial charge in [-0.15, -0.1) is 0 Å². The summed E-state index contributed by atoms with van der Waals surface area (Å²) in [5.74, 6) is 0.525. The smallest absolute Gasteiger partial charge is 0.237 e. The number of aromatic nitrogens is 1. The molecule has 0 fully saturated rings.